The summed E-state index contributed by atoms with van der Waals surface area (Å²) < 4.78 is 5.90. The number of hydrogen-bond acceptors (Lipinski definition) is 2. The molecule has 0 aliphatic heterocycles. The average Bonchev–Trinajstić information content (AvgIpc) is 2.75. The van der Waals surface area contributed by atoms with Gasteiger partial charge in [-0.2, -0.15) is 0 Å². The van der Waals surface area contributed by atoms with Crippen LogP contribution >= 0.6 is 0 Å². The number of benzene rings is 1. The summed E-state index contributed by atoms with van der Waals surface area (Å²) in [6.45, 7) is 0. The van der Waals surface area contributed by atoms with Crippen LogP contribution in [0.2, 0.25) is 0 Å². The number of aryl methyl sites for hydroxylation is 2. The number of aliphatic hydroxyl groups is 1. The minimum atomic E-state index is -0.272. The summed E-state index contributed by atoms with van der Waals surface area (Å²) in [4.78, 5) is 0. The topological polar surface area (TPSA) is 29.5 Å². The Morgan fingerprint density at radius 1 is 1.00 bits per heavy atom. The molecule has 0 amide bonds. The van der Waals surface area contributed by atoms with Crippen LogP contribution in [-0.2, 0) is 12.8 Å². The lowest BCUT2D eigenvalue weighted by molar-refractivity contribution is 0.0603. The molecule has 0 aromatic heterocycles. The van der Waals surface area contributed by atoms with Gasteiger partial charge in [0.05, 0.1) is 6.10 Å². The van der Waals surface area contributed by atoms with Crippen LogP contribution in [0.4, 0.5) is 0 Å². The van der Waals surface area contributed by atoms with Gasteiger partial charge in [-0.1, -0.05) is 6.07 Å². The molecule has 2 aliphatic rings. The highest BCUT2D eigenvalue weighted by Crippen LogP contribution is 2.29. The Hall–Kier alpha value is -1.02. The van der Waals surface area contributed by atoms with E-state index in [1.165, 1.54) is 36.8 Å². The lowest BCUT2D eigenvalue weighted by Crippen LogP contribution is -2.25. The van der Waals surface area contributed by atoms with Gasteiger partial charge in [0.2, 0.25) is 0 Å². The Labute approximate surface area is 103 Å². The largest absolute Gasteiger partial charge is 0.488 e. The van der Waals surface area contributed by atoms with Crippen molar-refractivity contribution in [2.45, 2.75) is 57.2 Å². The van der Waals surface area contributed by atoms with Crippen LogP contribution in [0.15, 0.2) is 18.2 Å². The van der Waals surface area contributed by atoms with E-state index in [2.05, 4.69) is 18.2 Å². The summed E-state index contributed by atoms with van der Waals surface area (Å²) in [6, 6.07) is 6.44. The van der Waals surface area contributed by atoms with Crippen LogP contribution in [0.1, 0.15) is 43.2 Å². The summed E-state index contributed by atoms with van der Waals surface area (Å²) in [5.41, 5.74) is 2.93. The summed E-state index contributed by atoms with van der Waals surface area (Å²) >= 11 is 0. The van der Waals surface area contributed by atoms with Crippen LogP contribution in [0.5, 0.6) is 5.75 Å². The molecule has 1 saturated carbocycles. The minimum Gasteiger partial charge on any atom is -0.488 e. The average molecular weight is 232 g/mol. The van der Waals surface area contributed by atoms with Crippen molar-refractivity contribution in [1.29, 1.82) is 0 Å². The highest BCUT2D eigenvalue weighted by Gasteiger charge is 2.27. The second kappa shape index (κ2) is 4.69. The minimum absolute atomic E-state index is 0.0108. The maximum absolute atomic E-state index is 9.76. The van der Waals surface area contributed by atoms with E-state index < -0.39 is 0 Å². The van der Waals surface area contributed by atoms with Crippen molar-refractivity contribution in [3.05, 3.63) is 29.3 Å². The van der Waals surface area contributed by atoms with Crippen molar-refractivity contribution in [2.24, 2.45) is 0 Å². The lowest BCUT2D eigenvalue weighted by Gasteiger charge is -2.20. The van der Waals surface area contributed by atoms with Crippen molar-refractivity contribution in [3.63, 3.8) is 0 Å². The quantitative estimate of drug-likeness (QED) is 0.849. The van der Waals surface area contributed by atoms with E-state index in [-0.39, 0.29) is 12.2 Å². The predicted molar refractivity (Wildman–Crippen MR) is 67.4 cm³/mol. The predicted octanol–water partition coefficient (Wildman–Crippen LogP) is 2.86. The molecule has 17 heavy (non-hydrogen) atoms. The molecule has 1 aromatic carbocycles. The monoisotopic (exact) mass is 232 g/mol. The SMILES string of the molecule is O[C@@H]1CCC[C@H]1Oc1ccc2c(c1)CCCC2. The number of ether oxygens (including phenoxy) is 1. The summed E-state index contributed by atoms with van der Waals surface area (Å²) in [7, 11) is 0. The number of fused-ring (bicyclic) bond motifs is 1. The molecule has 0 radical (unpaired) electrons. The van der Waals surface area contributed by atoms with Crippen molar-refractivity contribution >= 4 is 0 Å². The van der Waals surface area contributed by atoms with Gasteiger partial charge in [0.25, 0.3) is 0 Å². The molecule has 2 aliphatic carbocycles. The molecule has 2 atom stereocenters. The molecule has 2 heteroatoms. The Bertz CT molecular complexity index is 400. The van der Waals surface area contributed by atoms with Gasteiger partial charge < -0.3 is 9.84 Å². The first-order chi connectivity index (χ1) is 8.33. The highest BCUT2D eigenvalue weighted by atomic mass is 16.5. The Morgan fingerprint density at radius 2 is 1.82 bits per heavy atom. The van der Waals surface area contributed by atoms with Crippen LogP contribution in [-0.4, -0.2) is 17.3 Å². The lowest BCUT2D eigenvalue weighted by atomic mass is 9.92. The van der Waals surface area contributed by atoms with E-state index in [9.17, 15) is 5.11 Å². The van der Waals surface area contributed by atoms with Crippen molar-refractivity contribution in [2.75, 3.05) is 0 Å². The molecule has 0 spiro atoms. The standard InChI is InChI=1S/C15H20O2/c16-14-6-3-7-15(14)17-13-9-8-11-4-1-2-5-12(11)10-13/h8-10,14-16H,1-7H2/t14-,15-/m1/s1. The fourth-order valence-electron chi connectivity index (χ4n) is 3.00. The van der Waals surface area contributed by atoms with Gasteiger partial charge >= 0.3 is 0 Å². The van der Waals surface area contributed by atoms with Gasteiger partial charge in [-0.15, -0.1) is 0 Å². The first-order valence-corrected chi connectivity index (χ1v) is 6.79. The van der Waals surface area contributed by atoms with Gasteiger partial charge in [-0.05, 0) is 68.2 Å². The smallest absolute Gasteiger partial charge is 0.124 e. The number of aliphatic hydroxyl groups excluding tert-OH is 1. The highest BCUT2D eigenvalue weighted by molar-refractivity contribution is 5.37. The first kappa shape index (κ1) is 11.1. The maximum Gasteiger partial charge on any atom is 0.124 e. The molecule has 3 rings (SSSR count). The third-order valence-electron chi connectivity index (χ3n) is 4.03. The van der Waals surface area contributed by atoms with E-state index in [0.717, 1.165) is 25.0 Å². The molecule has 0 heterocycles. The van der Waals surface area contributed by atoms with Crippen molar-refractivity contribution < 1.29 is 9.84 Å². The number of rotatable bonds is 2. The Morgan fingerprint density at radius 3 is 2.59 bits per heavy atom. The Balaban J connectivity index is 1.75. The molecular weight excluding hydrogens is 212 g/mol. The molecule has 0 saturated heterocycles. The number of hydrogen-bond donors (Lipinski definition) is 1. The molecule has 0 unspecified atom stereocenters. The summed E-state index contributed by atoms with van der Waals surface area (Å²) in [6.07, 6.45) is 7.69. The fraction of sp³-hybridized carbons (Fsp3) is 0.600. The zero-order valence-electron chi connectivity index (χ0n) is 10.2. The molecule has 0 bridgehead atoms. The van der Waals surface area contributed by atoms with E-state index in [1.807, 2.05) is 0 Å². The van der Waals surface area contributed by atoms with Gasteiger partial charge in [0.1, 0.15) is 11.9 Å². The van der Waals surface area contributed by atoms with Gasteiger partial charge in [0.15, 0.2) is 0 Å². The van der Waals surface area contributed by atoms with Crippen molar-refractivity contribution in [1.82, 2.24) is 0 Å². The molecular formula is C15H20O2. The van der Waals surface area contributed by atoms with E-state index in [0.29, 0.717) is 0 Å². The van der Waals surface area contributed by atoms with Gasteiger partial charge in [0, 0.05) is 0 Å². The van der Waals surface area contributed by atoms with Crippen LogP contribution < -0.4 is 4.74 Å². The molecule has 1 N–H and O–H groups in total. The second-order valence-corrected chi connectivity index (χ2v) is 5.29. The summed E-state index contributed by atoms with van der Waals surface area (Å²) in [5, 5.41) is 9.76. The third-order valence-corrected chi connectivity index (χ3v) is 4.03. The normalized spacial score (nSPS) is 27.8. The second-order valence-electron chi connectivity index (χ2n) is 5.29. The van der Waals surface area contributed by atoms with Gasteiger partial charge in [-0.25, -0.2) is 0 Å². The zero-order valence-corrected chi connectivity index (χ0v) is 10.2. The van der Waals surface area contributed by atoms with Crippen LogP contribution in [0, 0.1) is 0 Å². The van der Waals surface area contributed by atoms with E-state index >= 15 is 0 Å². The van der Waals surface area contributed by atoms with Crippen LogP contribution in [0.3, 0.4) is 0 Å². The molecule has 92 valence electrons. The maximum atomic E-state index is 9.76. The van der Waals surface area contributed by atoms with E-state index in [4.69, 9.17) is 4.74 Å². The van der Waals surface area contributed by atoms with Gasteiger partial charge in [-0.3, -0.25) is 0 Å². The summed E-state index contributed by atoms with van der Waals surface area (Å²) in [5.74, 6) is 0.941. The fourth-order valence-corrected chi connectivity index (χ4v) is 3.00. The first-order valence-electron chi connectivity index (χ1n) is 6.79. The molecule has 1 aromatic rings. The van der Waals surface area contributed by atoms with Crippen molar-refractivity contribution in [3.8, 4) is 5.75 Å². The molecule has 1 fully saturated rings. The third kappa shape index (κ3) is 2.32. The van der Waals surface area contributed by atoms with Crippen LogP contribution in [0.25, 0.3) is 0 Å². The zero-order chi connectivity index (χ0) is 11.7. The Kier molecular flexibility index (Phi) is 3.06. The molecule has 2 nitrogen and oxygen atoms in total. The van der Waals surface area contributed by atoms with E-state index in [1.54, 1.807) is 0 Å².